The summed E-state index contributed by atoms with van der Waals surface area (Å²) >= 11 is 6.87. The number of hydrogen-bond acceptors (Lipinski definition) is 7. The molecule has 3 aliphatic heterocycles. The Bertz CT molecular complexity index is 1650. The predicted molar refractivity (Wildman–Crippen MR) is 166 cm³/mol. The van der Waals surface area contributed by atoms with E-state index in [1.165, 1.54) is 12.8 Å². The molecule has 7 rings (SSSR count). The number of piperazine rings is 1. The molecule has 2 unspecified atom stereocenters. The lowest BCUT2D eigenvalue weighted by Crippen LogP contribution is -2.51. The van der Waals surface area contributed by atoms with E-state index in [0.29, 0.717) is 35.5 Å². The van der Waals surface area contributed by atoms with Crippen LogP contribution in [-0.4, -0.2) is 71.4 Å². The number of fused-ring (bicyclic) bond motifs is 4. The fourth-order valence-electron chi connectivity index (χ4n) is 7.04. The van der Waals surface area contributed by atoms with E-state index in [-0.39, 0.29) is 33.3 Å². The minimum atomic E-state index is -0.545. The number of nitrogens with one attached hydrogen (secondary N) is 1. The molecule has 4 aromatic rings. The number of nitrogens with zero attached hydrogens (tertiary/aromatic N) is 4. The van der Waals surface area contributed by atoms with Crippen LogP contribution in [0, 0.1) is 11.2 Å². The number of phenolic OH excluding ortho intramolecular Hbond substituents is 1. The highest BCUT2D eigenvalue weighted by Crippen LogP contribution is 2.43. The maximum atomic E-state index is 16.8. The summed E-state index contributed by atoms with van der Waals surface area (Å²) in [6.45, 7) is 9.50. The first-order valence-corrected chi connectivity index (χ1v) is 15.4. The molecule has 220 valence electrons. The van der Waals surface area contributed by atoms with Crippen molar-refractivity contribution >= 4 is 39.1 Å². The Morgan fingerprint density at radius 2 is 1.79 bits per heavy atom. The zero-order valence-electron chi connectivity index (χ0n) is 24.2. The van der Waals surface area contributed by atoms with Crippen molar-refractivity contribution in [2.75, 3.05) is 44.2 Å². The van der Waals surface area contributed by atoms with Crippen molar-refractivity contribution in [1.82, 2.24) is 20.2 Å². The third-order valence-corrected chi connectivity index (χ3v) is 9.21. The van der Waals surface area contributed by atoms with Gasteiger partial charge in [-0.25, -0.2) is 4.39 Å². The van der Waals surface area contributed by atoms with Crippen LogP contribution in [0.25, 0.3) is 32.8 Å². The van der Waals surface area contributed by atoms with Crippen molar-refractivity contribution < 1.29 is 14.2 Å². The number of anilines is 1. The van der Waals surface area contributed by atoms with Crippen molar-refractivity contribution in [3.05, 3.63) is 53.3 Å². The zero-order valence-corrected chi connectivity index (χ0v) is 24.9. The summed E-state index contributed by atoms with van der Waals surface area (Å²) in [5.41, 5.74) is 0.775. The molecule has 0 amide bonds. The van der Waals surface area contributed by atoms with Gasteiger partial charge < -0.3 is 25.0 Å². The molecule has 3 fully saturated rings. The van der Waals surface area contributed by atoms with E-state index in [2.05, 4.69) is 33.9 Å². The van der Waals surface area contributed by atoms with E-state index in [9.17, 15) is 5.11 Å². The molecule has 2 bridgehead atoms. The van der Waals surface area contributed by atoms with Gasteiger partial charge in [-0.15, -0.1) is 0 Å². The number of likely N-dealkylation sites (tertiary alicyclic amines) is 1. The number of halogens is 2. The SMILES string of the molecule is CC(C)(COc1nc(N2CC3CCC(C2)N3)c2cc(Cl)c(-c3cc(O)cc4ccccc34)c(F)c2n1)CN1CCCC1. The quantitative estimate of drug-likeness (QED) is 0.259. The van der Waals surface area contributed by atoms with Crippen LogP contribution in [0.3, 0.4) is 0 Å². The Kier molecular flexibility index (Phi) is 7.11. The van der Waals surface area contributed by atoms with Gasteiger partial charge in [0.25, 0.3) is 0 Å². The van der Waals surface area contributed by atoms with Gasteiger partial charge in [0.15, 0.2) is 5.82 Å². The molecule has 9 heteroatoms. The molecular formula is C33H37ClFN5O2. The summed E-state index contributed by atoms with van der Waals surface area (Å²) in [7, 11) is 0. The number of rotatable bonds is 7. The van der Waals surface area contributed by atoms with Gasteiger partial charge in [-0.3, -0.25) is 0 Å². The molecule has 2 N–H and O–H groups in total. The van der Waals surface area contributed by atoms with E-state index in [1.54, 1.807) is 18.2 Å². The summed E-state index contributed by atoms with van der Waals surface area (Å²) in [4.78, 5) is 14.3. The second-order valence-corrected chi connectivity index (χ2v) is 13.4. The van der Waals surface area contributed by atoms with Crippen molar-refractivity contribution in [2.24, 2.45) is 5.41 Å². The highest BCUT2D eigenvalue weighted by atomic mass is 35.5. The lowest BCUT2D eigenvalue weighted by Gasteiger charge is -2.34. The highest BCUT2D eigenvalue weighted by molar-refractivity contribution is 6.35. The normalized spacial score (nSPS) is 21.1. The average Bonchev–Trinajstić information content (AvgIpc) is 3.59. The van der Waals surface area contributed by atoms with Crippen LogP contribution < -0.4 is 15.0 Å². The molecule has 0 aliphatic carbocycles. The molecule has 3 aromatic carbocycles. The lowest BCUT2D eigenvalue weighted by atomic mass is 9.94. The third-order valence-electron chi connectivity index (χ3n) is 8.92. The van der Waals surface area contributed by atoms with Gasteiger partial charge in [0, 0.05) is 48.1 Å². The van der Waals surface area contributed by atoms with Crippen LogP contribution in [0.2, 0.25) is 5.02 Å². The van der Waals surface area contributed by atoms with Crippen LogP contribution in [-0.2, 0) is 0 Å². The van der Waals surface area contributed by atoms with Crippen LogP contribution in [0.5, 0.6) is 11.8 Å². The van der Waals surface area contributed by atoms with Gasteiger partial charge in [0.05, 0.1) is 11.6 Å². The molecule has 3 saturated heterocycles. The Morgan fingerprint density at radius 1 is 1.05 bits per heavy atom. The number of aromatic nitrogens is 2. The Hall–Kier alpha value is -3.20. The lowest BCUT2D eigenvalue weighted by molar-refractivity contribution is 0.122. The Morgan fingerprint density at radius 3 is 2.55 bits per heavy atom. The number of ether oxygens (including phenoxy) is 1. The van der Waals surface area contributed by atoms with Crippen LogP contribution in [0.4, 0.5) is 10.2 Å². The summed E-state index contributed by atoms with van der Waals surface area (Å²) in [6, 6.07) is 13.5. The smallest absolute Gasteiger partial charge is 0.319 e. The summed E-state index contributed by atoms with van der Waals surface area (Å²) in [5.74, 6) is 0.151. The second kappa shape index (κ2) is 10.8. The Labute approximate surface area is 250 Å². The van der Waals surface area contributed by atoms with Gasteiger partial charge in [0.2, 0.25) is 0 Å². The summed E-state index contributed by atoms with van der Waals surface area (Å²) < 4.78 is 23.0. The van der Waals surface area contributed by atoms with Gasteiger partial charge >= 0.3 is 6.01 Å². The van der Waals surface area contributed by atoms with Gasteiger partial charge in [0.1, 0.15) is 17.1 Å². The van der Waals surface area contributed by atoms with Crippen molar-refractivity contribution in [1.29, 1.82) is 0 Å². The topological polar surface area (TPSA) is 73.8 Å². The van der Waals surface area contributed by atoms with Crippen molar-refractivity contribution in [2.45, 2.75) is 51.6 Å². The van der Waals surface area contributed by atoms with Gasteiger partial charge in [-0.05, 0) is 73.3 Å². The first-order chi connectivity index (χ1) is 20.2. The maximum Gasteiger partial charge on any atom is 0.319 e. The monoisotopic (exact) mass is 589 g/mol. The van der Waals surface area contributed by atoms with Crippen molar-refractivity contribution in [3.63, 3.8) is 0 Å². The molecule has 1 aromatic heterocycles. The van der Waals surface area contributed by atoms with Crippen LogP contribution in [0.15, 0.2) is 42.5 Å². The van der Waals surface area contributed by atoms with Crippen LogP contribution >= 0.6 is 11.6 Å². The number of phenols is 1. The molecule has 3 aliphatic rings. The summed E-state index contributed by atoms with van der Waals surface area (Å²) in [6.07, 6.45) is 4.70. The molecule has 0 radical (unpaired) electrons. The van der Waals surface area contributed by atoms with Crippen LogP contribution in [0.1, 0.15) is 39.5 Å². The van der Waals surface area contributed by atoms with E-state index in [4.69, 9.17) is 21.3 Å². The number of aromatic hydroxyl groups is 1. The largest absolute Gasteiger partial charge is 0.508 e. The van der Waals surface area contributed by atoms with Crippen molar-refractivity contribution in [3.8, 4) is 22.9 Å². The van der Waals surface area contributed by atoms with E-state index in [0.717, 1.165) is 56.3 Å². The molecule has 7 nitrogen and oxygen atoms in total. The second-order valence-electron chi connectivity index (χ2n) is 13.0. The summed E-state index contributed by atoms with van der Waals surface area (Å²) in [5, 5.41) is 16.6. The first-order valence-electron chi connectivity index (χ1n) is 15.0. The minimum Gasteiger partial charge on any atom is -0.508 e. The fourth-order valence-corrected chi connectivity index (χ4v) is 7.33. The van der Waals surface area contributed by atoms with E-state index in [1.807, 2.05) is 24.3 Å². The molecule has 0 saturated carbocycles. The standard InChI is InChI=1S/C33H37ClFN5O2/c1-33(2,18-39-11-5-6-12-39)19-42-32-37-30-26(31(38-32)40-16-21-9-10-22(17-40)36-21)15-27(34)28(29(30)35)25-14-23(41)13-20-7-3-4-8-24(20)25/h3-4,7-8,13-15,21-22,36,41H,5-6,9-12,16-19H2,1-2H3. The fraction of sp³-hybridized carbons (Fsp3) is 0.455. The first kappa shape index (κ1) is 27.6. The van der Waals surface area contributed by atoms with E-state index >= 15 is 4.39 Å². The minimum absolute atomic E-state index is 0.0446. The number of benzene rings is 3. The van der Waals surface area contributed by atoms with Gasteiger partial charge in [-0.2, -0.15) is 9.97 Å². The molecule has 42 heavy (non-hydrogen) atoms. The van der Waals surface area contributed by atoms with Gasteiger partial charge in [-0.1, -0.05) is 49.7 Å². The predicted octanol–water partition coefficient (Wildman–Crippen LogP) is 6.39. The molecule has 2 atom stereocenters. The Balaban J connectivity index is 1.33. The average molecular weight is 590 g/mol. The van der Waals surface area contributed by atoms with E-state index < -0.39 is 5.82 Å². The highest BCUT2D eigenvalue weighted by Gasteiger charge is 2.35. The molecule has 0 spiro atoms. The molecule has 4 heterocycles. The third kappa shape index (κ3) is 5.25. The maximum absolute atomic E-state index is 16.8. The molecular weight excluding hydrogens is 553 g/mol. The zero-order chi connectivity index (χ0) is 29.0. The number of hydrogen-bond donors (Lipinski definition) is 2.